The Morgan fingerprint density at radius 3 is 2.83 bits per heavy atom. The van der Waals surface area contributed by atoms with Crippen molar-refractivity contribution >= 4 is 0 Å². The first-order valence-electron chi connectivity index (χ1n) is 6.62. The molecule has 1 aromatic rings. The highest BCUT2D eigenvalue weighted by Crippen LogP contribution is 2.24. The molecule has 2 unspecified atom stereocenters. The van der Waals surface area contributed by atoms with Crippen LogP contribution in [0.4, 0.5) is 0 Å². The van der Waals surface area contributed by atoms with E-state index in [0.29, 0.717) is 12.5 Å². The van der Waals surface area contributed by atoms with E-state index >= 15 is 0 Å². The molecule has 3 heteroatoms. The Morgan fingerprint density at radius 2 is 2.17 bits per heavy atom. The second kappa shape index (κ2) is 5.72. The van der Waals surface area contributed by atoms with Gasteiger partial charge in [0.05, 0.1) is 6.61 Å². The number of rotatable bonds is 4. The van der Waals surface area contributed by atoms with Gasteiger partial charge >= 0.3 is 0 Å². The Hall–Kier alpha value is -1.06. The van der Waals surface area contributed by atoms with Crippen LogP contribution in [0.2, 0.25) is 0 Å². The van der Waals surface area contributed by atoms with Gasteiger partial charge in [-0.05, 0) is 49.9 Å². The quantitative estimate of drug-likeness (QED) is 0.891. The lowest BCUT2D eigenvalue weighted by molar-refractivity contribution is 0.170. The first-order chi connectivity index (χ1) is 8.58. The molecule has 0 amide bonds. The number of ether oxygens (including phenoxy) is 2. The molecule has 2 rings (SSSR count). The third kappa shape index (κ3) is 3.03. The molecule has 100 valence electrons. The standard InChI is InChI=1S/C15H23NO2/c1-10-6-11(2)12(3)15(7-10)18-9-14(16)13-4-5-17-8-13/h6-7,13-14H,4-5,8-9,16H2,1-3H3. The Morgan fingerprint density at radius 1 is 1.39 bits per heavy atom. The minimum Gasteiger partial charge on any atom is -0.492 e. The van der Waals surface area contributed by atoms with Gasteiger partial charge in [0, 0.05) is 18.6 Å². The Bertz CT molecular complexity index is 411. The highest BCUT2D eigenvalue weighted by Gasteiger charge is 2.23. The molecular formula is C15H23NO2. The molecule has 0 aromatic heterocycles. The van der Waals surface area contributed by atoms with E-state index in [1.54, 1.807) is 0 Å². The number of benzene rings is 1. The molecule has 1 aliphatic rings. The maximum Gasteiger partial charge on any atom is 0.122 e. The fourth-order valence-electron chi connectivity index (χ4n) is 2.36. The second-order valence-corrected chi connectivity index (χ2v) is 5.30. The molecule has 1 aromatic carbocycles. The fraction of sp³-hybridized carbons (Fsp3) is 0.600. The maximum atomic E-state index is 6.15. The van der Waals surface area contributed by atoms with Crippen LogP contribution in [0.15, 0.2) is 12.1 Å². The van der Waals surface area contributed by atoms with Crippen molar-refractivity contribution in [3.8, 4) is 5.75 Å². The Balaban J connectivity index is 1.97. The van der Waals surface area contributed by atoms with Crippen LogP contribution in [0.1, 0.15) is 23.1 Å². The van der Waals surface area contributed by atoms with Crippen LogP contribution in [0.25, 0.3) is 0 Å². The highest BCUT2D eigenvalue weighted by molar-refractivity contribution is 5.41. The average Bonchev–Trinajstić information content (AvgIpc) is 2.85. The molecule has 0 aliphatic carbocycles. The molecule has 1 aliphatic heterocycles. The van der Waals surface area contributed by atoms with E-state index in [2.05, 4.69) is 32.9 Å². The van der Waals surface area contributed by atoms with Gasteiger partial charge in [-0.2, -0.15) is 0 Å². The normalized spacial score (nSPS) is 21.0. The third-order valence-corrected chi connectivity index (χ3v) is 3.77. The summed E-state index contributed by atoms with van der Waals surface area (Å²) in [6, 6.07) is 4.32. The molecule has 0 bridgehead atoms. The van der Waals surface area contributed by atoms with Crippen LogP contribution in [-0.4, -0.2) is 25.9 Å². The molecule has 3 nitrogen and oxygen atoms in total. The van der Waals surface area contributed by atoms with Gasteiger partial charge in [0.2, 0.25) is 0 Å². The van der Waals surface area contributed by atoms with Crippen molar-refractivity contribution in [2.75, 3.05) is 19.8 Å². The number of aryl methyl sites for hydroxylation is 2. The predicted octanol–water partition coefficient (Wildman–Crippen LogP) is 2.35. The van der Waals surface area contributed by atoms with Gasteiger partial charge in [0.15, 0.2) is 0 Å². The third-order valence-electron chi connectivity index (χ3n) is 3.77. The van der Waals surface area contributed by atoms with Crippen molar-refractivity contribution in [2.45, 2.75) is 33.2 Å². The van der Waals surface area contributed by atoms with E-state index in [1.807, 2.05) is 0 Å². The number of hydrogen-bond acceptors (Lipinski definition) is 3. The molecule has 0 radical (unpaired) electrons. The average molecular weight is 249 g/mol. The van der Waals surface area contributed by atoms with Crippen LogP contribution in [0.3, 0.4) is 0 Å². The topological polar surface area (TPSA) is 44.5 Å². The second-order valence-electron chi connectivity index (χ2n) is 5.30. The SMILES string of the molecule is Cc1cc(C)c(C)c(OCC(N)C2CCOC2)c1. The van der Waals surface area contributed by atoms with Crippen LogP contribution >= 0.6 is 0 Å². The zero-order valence-electron chi connectivity index (χ0n) is 11.5. The summed E-state index contributed by atoms with van der Waals surface area (Å²) in [6.45, 7) is 8.47. The smallest absolute Gasteiger partial charge is 0.122 e. The molecule has 0 spiro atoms. The van der Waals surface area contributed by atoms with Gasteiger partial charge in [-0.25, -0.2) is 0 Å². The molecular weight excluding hydrogens is 226 g/mol. The lowest BCUT2D eigenvalue weighted by atomic mass is 10.0. The molecule has 1 saturated heterocycles. The fourth-order valence-corrected chi connectivity index (χ4v) is 2.36. The van der Waals surface area contributed by atoms with Gasteiger partial charge in [0.1, 0.15) is 12.4 Å². The largest absolute Gasteiger partial charge is 0.492 e. The summed E-state index contributed by atoms with van der Waals surface area (Å²) >= 11 is 0. The van der Waals surface area contributed by atoms with Crippen molar-refractivity contribution in [2.24, 2.45) is 11.7 Å². The van der Waals surface area contributed by atoms with Crippen molar-refractivity contribution < 1.29 is 9.47 Å². The molecule has 18 heavy (non-hydrogen) atoms. The Kier molecular flexibility index (Phi) is 4.25. The van der Waals surface area contributed by atoms with E-state index in [1.165, 1.54) is 16.7 Å². The van der Waals surface area contributed by atoms with E-state index in [0.717, 1.165) is 25.4 Å². The lowest BCUT2D eigenvalue weighted by Gasteiger charge is -2.19. The minimum atomic E-state index is 0.0627. The summed E-state index contributed by atoms with van der Waals surface area (Å²) in [5.41, 5.74) is 9.85. The van der Waals surface area contributed by atoms with E-state index in [4.69, 9.17) is 15.2 Å². The van der Waals surface area contributed by atoms with Crippen LogP contribution in [-0.2, 0) is 4.74 Å². The summed E-state index contributed by atoms with van der Waals surface area (Å²) in [5.74, 6) is 1.40. The zero-order chi connectivity index (χ0) is 13.1. The summed E-state index contributed by atoms with van der Waals surface area (Å²) in [6.07, 6.45) is 1.05. The van der Waals surface area contributed by atoms with Crippen LogP contribution in [0, 0.1) is 26.7 Å². The Labute approximate surface area is 109 Å². The van der Waals surface area contributed by atoms with E-state index < -0.39 is 0 Å². The lowest BCUT2D eigenvalue weighted by Crippen LogP contribution is -2.36. The molecule has 2 N–H and O–H groups in total. The molecule has 2 atom stereocenters. The monoisotopic (exact) mass is 249 g/mol. The van der Waals surface area contributed by atoms with Gasteiger partial charge in [-0.15, -0.1) is 0 Å². The molecule has 1 fully saturated rings. The highest BCUT2D eigenvalue weighted by atomic mass is 16.5. The van der Waals surface area contributed by atoms with Gasteiger partial charge in [-0.1, -0.05) is 6.07 Å². The van der Waals surface area contributed by atoms with E-state index in [9.17, 15) is 0 Å². The number of nitrogens with two attached hydrogens (primary N) is 1. The van der Waals surface area contributed by atoms with Crippen molar-refractivity contribution in [3.63, 3.8) is 0 Å². The zero-order valence-corrected chi connectivity index (χ0v) is 11.5. The van der Waals surface area contributed by atoms with Gasteiger partial charge in [-0.3, -0.25) is 0 Å². The van der Waals surface area contributed by atoms with Crippen LogP contribution < -0.4 is 10.5 Å². The summed E-state index contributed by atoms with van der Waals surface area (Å²) < 4.78 is 11.2. The first kappa shape index (κ1) is 13.4. The summed E-state index contributed by atoms with van der Waals surface area (Å²) in [5, 5.41) is 0. The molecule has 1 heterocycles. The van der Waals surface area contributed by atoms with Gasteiger partial charge < -0.3 is 15.2 Å². The maximum absolute atomic E-state index is 6.15. The van der Waals surface area contributed by atoms with Crippen LogP contribution in [0.5, 0.6) is 5.75 Å². The van der Waals surface area contributed by atoms with Crippen molar-refractivity contribution in [1.29, 1.82) is 0 Å². The summed E-state index contributed by atoms with van der Waals surface area (Å²) in [7, 11) is 0. The number of hydrogen-bond donors (Lipinski definition) is 1. The minimum absolute atomic E-state index is 0.0627. The predicted molar refractivity (Wildman–Crippen MR) is 73.0 cm³/mol. The van der Waals surface area contributed by atoms with Crippen molar-refractivity contribution in [3.05, 3.63) is 28.8 Å². The van der Waals surface area contributed by atoms with Gasteiger partial charge in [0.25, 0.3) is 0 Å². The summed E-state index contributed by atoms with van der Waals surface area (Å²) in [4.78, 5) is 0. The first-order valence-corrected chi connectivity index (χ1v) is 6.62. The molecule has 0 saturated carbocycles. The van der Waals surface area contributed by atoms with E-state index in [-0.39, 0.29) is 6.04 Å². The van der Waals surface area contributed by atoms with Crippen molar-refractivity contribution in [1.82, 2.24) is 0 Å².